The lowest BCUT2D eigenvalue weighted by molar-refractivity contribution is 0.0898. The lowest BCUT2D eigenvalue weighted by atomic mass is 9.81. The molecule has 0 aliphatic heterocycles. The predicted octanol–water partition coefficient (Wildman–Crippen LogP) is 3.74. The van der Waals surface area contributed by atoms with Gasteiger partial charge >= 0.3 is 0 Å². The third-order valence-electron chi connectivity index (χ3n) is 6.29. The highest BCUT2D eigenvalue weighted by Gasteiger charge is 2.35. The number of pyridine rings is 1. The van der Waals surface area contributed by atoms with Gasteiger partial charge in [-0.15, -0.1) is 5.10 Å². The highest BCUT2D eigenvalue weighted by molar-refractivity contribution is 6.40. The van der Waals surface area contributed by atoms with Crippen molar-refractivity contribution in [1.82, 2.24) is 29.9 Å². The van der Waals surface area contributed by atoms with Gasteiger partial charge in [-0.1, -0.05) is 34.5 Å². The van der Waals surface area contributed by atoms with Gasteiger partial charge in [-0.05, 0) is 56.9 Å². The minimum Gasteiger partial charge on any atom is -0.396 e. The van der Waals surface area contributed by atoms with Gasteiger partial charge < -0.3 is 10.4 Å². The zero-order valence-corrected chi connectivity index (χ0v) is 20.4. The molecule has 1 aromatic carbocycles. The first kappa shape index (κ1) is 22.8. The number of nitrogens with zero attached hydrogens (tertiary/aromatic N) is 5. The third-order valence-corrected chi connectivity index (χ3v) is 6.88. The summed E-state index contributed by atoms with van der Waals surface area (Å²) < 4.78 is 3.44. The number of aromatic nitrogens is 5. The molecule has 1 atom stereocenters. The smallest absolute Gasteiger partial charge is 0.254 e. The number of benzene rings is 1. The summed E-state index contributed by atoms with van der Waals surface area (Å²) in [5.74, 6) is -0.320. The average Bonchev–Trinajstić information content (AvgIpc) is 3.37. The molecule has 5 rings (SSSR count). The minimum atomic E-state index is -0.463. The number of hydrogen-bond acceptors (Lipinski definition) is 5. The van der Waals surface area contributed by atoms with Gasteiger partial charge in [-0.25, -0.2) is 9.20 Å². The van der Waals surface area contributed by atoms with E-state index in [4.69, 9.17) is 33.4 Å². The summed E-state index contributed by atoms with van der Waals surface area (Å²) in [5.41, 5.74) is 5.43. The molecule has 3 aromatic heterocycles. The summed E-state index contributed by atoms with van der Waals surface area (Å²) in [6, 6.07) is 7.42. The Hall–Kier alpha value is -2.94. The van der Waals surface area contributed by atoms with Crippen LogP contribution in [-0.2, 0) is 19.3 Å². The fourth-order valence-electron chi connectivity index (χ4n) is 4.52. The van der Waals surface area contributed by atoms with E-state index in [1.807, 2.05) is 24.6 Å². The monoisotopic (exact) mass is 498 g/mol. The Morgan fingerprint density at radius 3 is 2.74 bits per heavy atom. The van der Waals surface area contributed by atoms with Crippen LogP contribution in [0.1, 0.15) is 46.2 Å². The number of fused-ring (bicyclic) bond motifs is 3. The molecule has 0 saturated carbocycles. The van der Waals surface area contributed by atoms with Crippen LogP contribution in [0.2, 0.25) is 10.0 Å². The molecule has 1 unspecified atom stereocenters. The van der Waals surface area contributed by atoms with Gasteiger partial charge in [-0.3, -0.25) is 4.79 Å². The van der Waals surface area contributed by atoms with Crippen LogP contribution in [0.4, 0.5) is 0 Å². The van der Waals surface area contributed by atoms with E-state index in [1.165, 1.54) is 4.68 Å². The zero-order valence-electron chi connectivity index (χ0n) is 18.8. The first-order valence-corrected chi connectivity index (χ1v) is 11.8. The fourth-order valence-corrected chi connectivity index (χ4v) is 5.17. The second kappa shape index (κ2) is 8.69. The van der Waals surface area contributed by atoms with Crippen molar-refractivity contribution in [3.8, 4) is 5.69 Å². The molecule has 1 aliphatic carbocycles. The van der Waals surface area contributed by atoms with E-state index in [0.717, 1.165) is 35.2 Å². The molecule has 10 heteroatoms. The lowest BCUT2D eigenvalue weighted by Gasteiger charge is -2.34. The van der Waals surface area contributed by atoms with Gasteiger partial charge in [-0.2, -0.15) is 5.10 Å². The molecule has 0 saturated heterocycles. The Kier molecular flexibility index (Phi) is 5.83. The van der Waals surface area contributed by atoms with Gasteiger partial charge in [0, 0.05) is 30.3 Å². The molecular formula is C24H24Cl2N6O2. The maximum Gasteiger partial charge on any atom is 0.254 e. The molecular weight excluding hydrogens is 475 g/mol. The van der Waals surface area contributed by atoms with Crippen molar-refractivity contribution in [3.63, 3.8) is 0 Å². The highest BCUT2D eigenvalue weighted by Crippen LogP contribution is 2.33. The lowest BCUT2D eigenvalue weighted by Crippen LogP contribution is -2.49. The van der Waals surface area contributed by atoms with Gasteiger partial charge in [0.2, 0.25) is 0 Å². The second-order valence-corrected chi connectivity index (χ2v) is 9.88. The van der Waals surface area contributed by atoms with Crippen LogP contribution in [-0.4, -0.2) is 47.8 Å². The summed E-state index contributed by atoms with van der Waals surface area (Å²) in [5, 5.41) is 25.5. The van der Waals surface area contributed by atoms with Crippen LogP contribution < -0.4 is 5.32 Å². The van der Waals surface area contributed by atoms with Crippen molar-refractivity contribution in [2.45, 2.75) is 45.1 Å². The Bertz CT molecular complexity index is 1390. The quantitative estimate of drug-likeness (QED) is 0.436. The molecule has 1 aliphatic rings. The molecule has 0 bridgehead atoms. The number of aliphatic hydroxyl groups is 1. The van der Waals surface area contributed by atoms with Crippen molar-refractivity contribution in [2.75, 3.05) is 6.61 Å². The molecule has 1 amide bonds. The number of aryl methyl sites for hydroxylation is 2. The molecule has 0 fully saturated rings. The maximum atomic E-state index is 13.3. The summed E-state index contributed by atoms with van der Waals surface area (Å²) >= 11 is 13.0. The van der Waals surface area contributed by atoms with Crippen molar-refractivity contribution in [3.05, 3.63) is 74.8 Å². The summed E-state index contributed by atoms with van der Waals surface area (Å²) in [6.07, 6.45) is 6.31. The van der Waals surface area contributed by atoms with E-state index in [-0.39, 0.29) is 28.1 Å². The molecule has 4 aromatic rings. The van der Waals surface area contributed by atoms with E-state index in [0.29, 0.717) is 24.2 Å². The van der Waals surface area contributed by atoms with Crippen LogP contribution >= 0.6 is 23.2 Å². The molecule has 3 heterocycles. The normalized spacial score (nSPS) is 17.7. The summed E-state index contributed by atoms with van der Waals surface area (Å²) in [6.45, 7) is 4.06. The number of hydrogen-bond donors (Lipinski definition) is 2. The van der Waals surface area contributed by atoms with Gasteiger partial charge in [0.1, 0.15) is 0 Å². The average molecular weight is 499 g/mol. The topological polar surface area (TPSA) is 97.3 Å². The number of amides is 1. The number of rotatable bonds is 5. The standard InChI is InChI=1S/C24H24Cl2N6O2/c1-14-3-4-21-17-11-24(2,7-5-20(17)29-32(21)12-14)27-23(34)22-18(25)9-16(10-19(22)26)31-13-15(6-8-33)28-30-31/h3-4,9-10,12-13,33H,5-8,11H2,1-2H3,(H,27,34). The SMILES string of the molecule is Cc1ccc2c3c(nn2c1)CCC(C)(NC(=O)c1c(Cl)cc(-n2cc(CCO)nn2)cc1Cl)C3. The van der Waals surface area contributed by atoms with Gasteiger partial charge in [0.25, 0.3) is 5.91 Å². The molecule has 0 radical (unpaired) electrons. The number of carbonyl (C=O) groups is 1. The first-order valence-electron chi connectivity index (χ1n) is 11.1. The third kappa shape index (κ3) is 4.17. The second-order valence-electron chi connectivity index (χ2n) is 9.07. The van der Waals surface area contributed by atoms with Crippen molar-refractivity contribution in [2.24, 2.45) is 0 Å². The number of nitrogens with one attached hydrogen (secondary N) is 1. The fraction of sp³-hybridized carbons (Fsp3) is 0.333. The Morgan fingerprint density at radius 2 is 2.00 bits per heavy atom. The van der Waals surface area contributed by atoms with Crippen molar-refractivity contribution in [1.29, 1.82) is 0 Å². The summed E-state index contributed by atoms with van der Waals surface area (Å²) in [4.78, 5) is 13.3. The molecule has 0 spiro atoms. The van der Waals surface area contributed by atoms with Crippen LogP contribution in [0.25, 0.3) is 11.2 Å². The van der Waals surface area contributed by atoms with Crippen LogP contribution in [0.5, 0.6) is 0 Å². The largest absolute Gasteiger partial charge is 0.396 e. The molecule has 176 valence electrons. The molecule has 34 heavy (non-hydrogen) atoms. The Balaban J connectivity index is 1.39. The van der Waals surface area contributed by atoms with Crippen molar-refractivity contribution >= 4 is 34.6 Å². The summed E-state index contributed by atoms with van der Waals surface area (Å²) in [7, 11) is 0. The molecule has 2 N–H and O–H groups in total. The first-order chi connectivity index (χ1) is 16.3. The zero-order chi connectivity index (χ0) is 24.0. The van der Waals surface area contributed by atoms with E-state index < -0.39 is 5.54 Å². The highest BCUT2D eigenvalue weighted by atomic mass is 35.5. The van der Waals surface area contributed by atoms with E-state index in [2.05, 4.69) is 27.8 Å². The Labute approximate surface area is 206 Å². The minimum absolute atomic E-state index is 0.0194. The number of carbonyl (C=O) groups excluding carboxylic acids is 1. The van der Waals surface area contributed by atoms with Crippen LogP contribution in [0.3, 0.4) is 0 Å². The maximum absolute atomic E-state index is 13.3. The van der Waals surface area contributed by atoms with E-state index >= 15 is 0 Å². The number of halogens is 2. The Morgan fingerprint density at radius 1 is 1.24 bits per heavy atom. The van der Waals surface area contributed by atoms with E-state index in [9.17, 15) is 4.79 Å². The van der Waals surface area contributed by atoms with Gasteiger partial charge in [0.15, 0.2) is 0 Å². The van der Waals surface area contributed by atoms with E-state index in [1.54, 1.807) is 18.3 Å². The number of aliphatic hydroxyl groups excluding tert-OH is 1. The van der Waals surface area contributed by atoms with Crippen LogP contribution in [0.15, 0.2) is 36.7 Å². The van der Waals surface area contributed by atoms with Crippen LogP contribution in [0, 0.1) is 6.92 Å². The van der Waals surface area contributed by atoms with Gasteiger partial charge in [0.05, 0.1) is 44.4 Å². The van der Waals surface area contributed by atoms with Crippen molar-refractivity contribution < 1.29 is 9.90 Å². The molecule has 8 nitrogen and oxygen atoms in total. The predicted molar refractivity (Wildman–Crippen MR) is 130 cm³/mol.